The zero-order valence-corrected chi connectivity index (χ0v) is 61.0. The van der Waals surface area contributed by atoms with Gasteiger partial charge in [0.25, 0.3) is 0 Å². The van der Waals surface area contributed by atoms with Crippen LogP contribution in [0.1, 0.15) is 24.2 Å². The first-order chi connectivity index (χ1) is 49.4. The number of methoxy groups -OCH3 is 14. The Morgan fingerprint density at radius 2 is 0.447 bits per heavy atom. The lowest BCUT2D eigenvalue weighted by Gasteiger charge is -2.51. The molecular formula is C66H110O37. The highest BCUT2D eigenvalue weighted by atomic mass is 16.8. The van der Waals surface area contributed by atoms with Gasteiger partial charge in [0, 0.05) is 105 Å². The number of carbonyl (C=O) groups is 1. The van der Waals surface area contributed by atoms with E-state index in [0.29, 0.717) is 5.56 Å². The molecule has 1 aromatic rings. The second-order valence-corrected chi connectivity index (χ2v) is 26.3. The van der Waals surface area contributed by atoms with Gasteiger partial charge in [-0.05, 0) is 13.8 Å². The number of aliphatic hydroxyl groups excluding tert-OH is 7. The number of ether oxygens (including phenoxy) is 28. The number of carbonyl (C=O) groups excluding carboxylic acids is 1. The summed E-state index contributed by atoms with van der Waals surface area (Å²) >= 11 is 0. The third kappa shape index (κ3) is 19.8. The highest BCUT2D eigenvalue weighted by Gasteiger charge is 2.61. The number of aliphatic hydroxyl groups is 8. The largest absolute Gasteiger partial charge is 0.387 e. The van der Waals surface area contributed by atoms with Gasteiger partial charge >= 0.3 is 0 Å². The average molecular weight is 1500 g/mol. The first-order valence-corrected chi connectivity index (χ1v) is 33.8. The Bertz CT molecular complexity index is 2180. The van der Waals surface area contributed by atoms with E-state index >= 15 is 0 Å². The highest BCUT2D eigenvalue weighted by molar-refractivity contribution is 6.01. The number of hydrogen-bond acceptors (Lipinski definition) is 37. The predicted molar refractivity (Wildman–Crippen MR) is 343 cm³/mol. The topological polar surface area (TPSA) is 437 Å². The molecule has 0 aromatic heterocycles. The molecule has 0 saturated carbocycles. The lowest BCUT2D eigenvalue weighted by Crippen LogP contribution is -2.69. The van der Waals surface area contributed by atoms with E-state index in [4.69, 9.17) is 133 Å². The van der Waals surface area contributed by atoms with Gasteiger partial charge < -0.3 is 173 Å². The van der Waals surface area contributed by atoms with E-state index in [1.807, 2.05) is 6.07 Å². The van der Waals surface area contributed by atoms with Crippen molar-refractivity contribution in [1.29, 1.82) is 0 Å². The van der Waals surface area contributed by atoms with E-state index in [2.05, 4.69) is 0 Å². The minimum absolute atomic E-state index is 0.227. The van der Waals surface area contributed by atoms with Crippen LogP contribution in [0.3, 0.4) is 0 Å². The van der Waals surface area contributed by atoms with Crippen LogP contribution in [0.2, 0.25) is 0 Å². The van der Waals surface area contributed by atoms with Crippen molar-refractivity contribution in [1.82, 2.24) is 0 Å². The van der Waals surface area contributed by atoms with Crippen LogP contribution < -0.4 is 0 Å². The Morgan fingerprint density at radius 3 is 0.573 bits per heavy atom. The predicted octanol–water partition coefficient (Wildman–Crippen LogP) is -4.43. The summed E-state index contributed by atoms with van der Waals surface area (Å²) < 4.78 is 171. The Kier molecular flexibility index (Phi) is 33.8. The van der Waals surface area contributed by atoms with E-state index < -0.39 is 221 Å². The quantitative estimate of drug-likeness (QED) is 0.0479. The molecule has 21 fully saturated rings. The zero-order valence-electron chi connectivity index (χ0n) is 61.0. The molecule has 22 rings (SSSR count). The smallest absolute Gasteiger partial charge is 0.193 e. The Balaban J connectivity index is 0.00000101. The molecule has 35 atom stereocenters. The Morgan fingerprint density at radius 1 is 0.291 bits per heavy atom. The molecule has 0 spiro atoms. The molecule has 21 saturated heterocycles. The van der Waals surface area contributed by atoms with Crippen molar-refractivity contribution in [3.63, 3.8) is 0 Å². The van der Waals surface area contributed by atoms with Crippen LogP contribution in [-0.4, -0.2) is 413 Å². The molecule has 596 valence electrons. The fourth-order valence-corrected chi connectivity index (χ4v) is 14.1. The summed E-state index contributed by atoms with van der Waals surface area (Å²) in [7, 11) is 18.7. The summed E-state index contributed by atoms with van der Waals surface area (Å²) in [5.41, 5.74) is -0.730. The summed E-state index contributed by atoms with van der Waals surface area (Å²) in [5.74, 6) is -0.247. The van der Waals surface area contributed by atoms with Gasteiger partial charge in [-0.3, -0.25) is 4.79 Å². The van der Waals surface area contributed by atoms with E-state index in [-0.39, 0.29) is 52.0 Å². The Labute approximate surface area is 598 Å². The SMILES string of the molecule is CC(C)(O)C(=O)c1ccccc1.COC[C@H]1O[C@@H]2O[C@H]3[C@H](O)[C@@H](OC)[C@@H](O[C@H]4[C@H](O)[C@@H](OC)[C@@H](O[C@H]5[C@H](O)[C@@H](OC)[C@@H](O[C@H]6[C@H](O)[C@@H](OC)[C@@H](O[C@H]7[C@H](O)[C@@H](OC)[C@@H](O[C@H]8[C@H](O)[C@@H](OC)[C@@H](O[C@H]1[C@H](O)[C@H]2OC)O[C@@H]8COC)O[C@@H]7COC)O[C@@H]6COC)O[C@@H]5COC)O[C@@H]4COC)O[C@@H]3COC. The van der Waals surface area contributed by atoms with Crippen molar-refractivity contribution >= 4 is 5.78 Å². The van der Waals surface area contributed by atoms with Gasteiger partial charge in [-0.1, -0.05) is 30.3 Å². The van der Waals surface area contributed by atoms with E-state index in [1.165, 1.54) is 113 Å². The minimum Gasteiger partial charge on any atom is -0.387 e. The van der Waals surface area contributed by atoms with Crippen LogP contribution in [0.25, 0.3) is 0 Å². The molecule has 21 aliphatic heterocycles. The maximum absolute atomic E-state index is 12.3. The summed E-state index contributed by atoms with van der Waals surface area (Å²) in [6.45, 7) is 1.39. The molecule has 37 heteroatoms. The van der Waals surface area contributed by atoms with Crippen molar-refractivity contribution in [3.05, 3.63) is 35.9 Å². The summed E-state index contributed by atoms with van der Waals surface area (Å²) in [4.78, 5) is 11.4. The first kappa shape index (κ1) is 86.0. The lowest BCUT2D eigenvalue weighted by molar-refractivity contribution is -0.400. The van der Waals surface area contributed by atoms with Crippen molar-refractivity contribution in [2.75, 3.05) is 146 Å². The number of ketones is 1. The number of Topliss-reactive ketones (excluding diaryl/α,β-unsaturated/α-hetero) is 1. The van der Waals surface area contributed by atoms with Crippen LogP contribution in [-0.2, 0) is 133 Å². The molecule has 0 radical (unpaired) electrons. The standard InChI is InChI=1S/C56H98O35.C10H12O2/c1-64-15-22-36-29(57)43(71-8)50(78-22)86-37-23(16-65-2)80-52(45(73-10)30(37)58)88-39-25(18-67-4)82-54(47(75-12)32(39)60)90-41-27(20-69-6)84-56(49(77-14)34(41)62)91-42-28(21-70-7)83-55(48(76-13)35(42)63)89-40-26(19-68-5)81-53(46(74-11)33(40)61)87-38-24(17-66-3)79-51(85-36)44(72-9)31(38)59;1-10(2,12)9(11)8-6-4-3-5-7-8/h22-63H,15-21H2,1-14H3;3-7,12H,1-2H3/t22-,23-,24-,25-,26-,27-,28-,29+,30+,31+,32+,33+,34+,35+,36-,37-,38-,39-,40-,41-,42-,43-,44-,45-,46-,47-,48-,49-,50-,51-,52-,53-,54-,55-,56-;/m1./s1. The van der Waals surface area contributed by atoms with Gasteiger partial charge in [0.2, 0.25) is 0 Å². The molecule has 1 aromatic carbocycles. The molecule has 103 heavy (non-hydrogen) atoms. The van der Waals surface area contributed by atoms with E-state index in [0.717, 1.165) is 0 Å². The normalized spacial score (nSPS) is 44.3. The molecule has 37 nitrogen and oxygen atoms in total. The zero-order chi connectivity index (χ0) is 75.1. The molecular weight excluding hydrogens is 1380 g/mol. The fourth-order valence-electron chi connectivity index (χ4n) is 14.1. The fraction of sp³-hybridized carbons (Fsp3) is 0.894. The first-order valence-electron chi connectivity index (χ1n) is 33.8. The molecule has 21 aliphatic rings. The minimum atomic E-state index is -1.62. The molecule has 0 unspecified atom stereocenters. The van der Waals surface area contributed by atoms with Crippen molar-refractivity contribution in [3.8, 4) is 0 Å². The average Bonchev–Trinajstić information content (AvgIpc) is 0.786. The van der Waals surface area contributed by atoms with Crippen LogP contribution >= 0.6 is 0 Å². The molecule has 0 amide bonds. The summed E-state index contributed by atoms with van der Waals surface area (Å²) in [6, 6.07) is 8.78. The second-order valence-electron chi connectivity index (χ2n) is 26.3. The summed E-state index contributed by atoms with van der Waals surface area (Å²) in [6.07, 6.45) is -49.4. The Hall–Kier alpha value is -2.55. The summed E-state index contributed by atoms with van der Waals surface area (Å²) in [5, 5.41) is 95.6. The van der Waals surface area contributed by atoms with Crippen LogP contribution in [0.5, 0.6) is 0 Å². The molecule has 14 bridgehead atoms. The van der Waals surface area contributed by atoms with Gasteiger partial charge in [0.15, 0.2) is 49.8 Å². The van der Waals surface area contributed by atoms with Crippen molar-refractivity contribution in [2.24, 2.45) is 0 Å². The van der Waals surface area contributed by atoms with Gasteiger partial charge in [0.1, 0.15) is 177 Å². The number of rotatable bonds is 23. The third-order valence-electron chi connectivity index (χ3n) is 19.2. The molecule has 21 heterocycles. The number of benzene rings is 1. The van der Waals surface area contributed by atoms with E-state index in [1.54, 1.807) is 24.3 Å². The molecule has 0 aliphatic carbocycles. The van der Waals surface area contributed by atoms with E-state index in [9.17, 15) is 45.6 Å². The number of hydrogen-bond donors (Lipinski definition) is 8. The monoisotopic (exact) mass is 1490 g/mol. The van der Waals surface area contributed by atoms with Gasteiger partial charge in [-0.2, -0.15) is 0 Å². The van der Waals surface area contributed by atoms with Crippen molar-refractivity contribution in [2.45, 2.75) is 234 Å². The van der Waals surface area contributed by atoms with Crippen LogP contribution in [0, 0.1) is 0 Å². The third-order valence-corrected chi connectivity index (χ3v) is 19.2. The maximum Gasteiger partial charge on any atom is 0.193 e. The van der Waals surface area contributed by atoms with Gasteiger partial charge in [0.05, 0.1) is 46.2 Å². The maximum atomic E-state index is 12.3. The van der Waals surface area contributed by atoms with Crippen LogP contribution in [0.15, 0.2) is 30.3 Å². The van der Waals surface area contributed by atoms with Gasteiger partial charge in [-0.25, -0.2) is 0 Å². The second kappa shape index (κ2) is 40.4. The van der Waals surface area contributed by atoms with Gasteiger partial charge in [-0.15, -0.1) is 0 Å². The van der Waals surface area contributed by atoms with Crippen LogP contribution in [0.4, 0.5) is 0 Å². The lowest BCUT2D eigenvalue weighted by atomic mass is 9.95. The molecule has 8 N–H and O–H groups in total. The van der Waals surface area contributed by atoms with Crippen molar-refractivity contribution < 1.29 is 178 Å². The highest BCUT2D eigenvalue weighted by Crippen LogP contribution is 2.41.